The van der Waals surface area contributed by atoms with E-state index in [0.29, 0.717) is 35.1 Å². The first kappa shape index (κ1) is 21.3. The summed E-state index contributed by atoms with van der Waals surface area (Å²) >= 11 is 0. The summed E-state index contributed by atoms with van der Waals surface area (Å²) in [5.74, 6) is 2.22. The Morgan fingerprint density at radius 1 is 0.833 bits per heavy atom. The van der Waals surface area contributed by atoms with E-state index in [0.717, 1.165) is 34.4 Å². The molecule has 3 aromatic carbocycles. The topological polar surface area (TPSA) is 66.0 Å². The van der Waals surface area contributed by atoms with Gasteiger partial charge in [0.25, 0.3) is 5.91 Å². The number of fused-ring (bicyclic) bond motifs is 3. The lowest BCUT2D eigenvalue weighted by Crippen LogP contribution is -2.24. The van der Waals surface area contributed by atoms with Gasteiger partial charge in [0.2, 0.25) is 0 Å². The summed E-state index contributed by atoms with van der Waals surface area (Å²) in [4.78, 5) is 13.0. The van der Waals surface area contributed by atoms with Crippen LogP contribution in [-0.2, 0) is 0 Å². The lowest BCUT2D eigenvalue weighted by Gasteiger charge is -2.16. The summed E-state index contributed by atoms with van der Waals surface area (Å²) in [7, 11) is 6.35. The first-order valence-corrected chi connectivity index (χ1v) is 9.71. The predicted molar refractivity (Wildman–Crippen MR) is 119 cm³/mol. The maximum absolute atomic E-state index is 13.0. The molecule has 158 valence electrons. The Kier molecular flexibility index (Phi) is 6.67. The standard InChI is InChI=1S/C24H27NO5/c1-6-7-8-9-25-24(26)19-10-15-11-20(27-2)21(28-3)12-16(15)17-13-22(29-4)23(30-5)14-18(17)19/h6,10-14H,1,7-9H2,2-5H3,(H,25,26). The van der Waals surface area contributed by atoms with Crippen LogP contribution in [0.4, 0.5) is 0 Å². The molecule has 0 aliphatic heterocycles. The fraction of sp³-hybridized carbons (Fsp3) is 0.292. The van der Waals surface area contributed by atoms with Crippen molar-refractivity contribution in [2.45, 2.75) is 12.8 Å². The average Bonchev–Trinajstić information content (AvgIpc) is 2.79. The summed E-state index contributed by atoms with van der Waals surface area (Å²) in [6.07, 6.45) is 3.53. The Morgan fingerprint density at radius 2 is 1.37 bits per heavy atom. The highest BCUT2D eigenvalue weighted by Crippen LogP contribution is 2.41. The van der Waals surface area contributed by atoms with Crippen LogP contribution in [-0.4, -0.2) is 40.9 Å². The number of allylic oxidation sites excluding steroid dienone is 1. The zero-order chi connectivity index (χ0) is 21.7. The number of hydrogen-bond donors (Lipinski definition) is 1. The first-order valence-electron chi connectivity index (χ1n) is 9.71. The van der Waals surface area contributed by atoms with Gasteiger partial charge in [0.05, 0.1) is 28.4 Å². The van der Waals surface area contributed by atoms with E-state index in [2.05, 4.69) is 11.9 Å². The molecule has 3 aromatic rings. The van der Waals surface area contributed by atoms with Crippen LogP contribution in [0.5, 0.6) is 23.0 Å². The number of hydrogen-bond acceptors (Lipinski definition) is 5. The number of rotatable bonds is 9. The van der Waals surface area contributed by atoms with E-state index >= 15 is 0 Å². The number of carbonyl (C=O) groups is 1. The summed E-state index contributed by atoms with van der Waals surface area (Å²) < 4.78 is 21.9. The summed E-state index contributed by atoms with van der Waals surface area (Å²) in [6, 6.07) is 9.38. The monoisotopic (exact) mass is 409 g/mol. The molecule has 6 heteroatoms. The highest BCUT2D eigenvalue weighted by atomic mass is 16.5. The molecule has 0 spiro atoms. The molecule has 0 aliphatic rings. The Balaban J connectivity index is 2.27. The Hall–Kier alpha value is -3.41. The molecule has 0 fully saturated rings. The van der Waals surface area contributed by atoms with Crippen molar-refractivity contribution in [1.82, 2.24) is 5.32 Å². The van der Waals surface area contributed by atoms with Crippen LogP contribution in [0.15, 0.2) is 43.0 Å². The molecule has 0 saturated carbocycles. The largest absolute Gasteiger partial charge is 0.493 e. The minimum atomic E-state index is -0.145. The van der Waals surface area contributed by atoms with Crippen molar-refractivity contribution < 1.29 is 23.7 Å². The second-order valence-corrected chi connectivity index (χ2v) is 6.79. The minimum absolute atomic E-state index is 0.145. The van der Waals surface area contributed by atoms with Crippen molar-refractivity contribution in [3.8, 4) is 23.0 Å². The van der Waals surface area contributed by atoms with Gasteiger partial charge in [-0.15, -0.1) is 6.58 Å². The number of benzene rings is 3. The van der Waals surface area contributed by atoms with Crippen molar-refractivity contribution in [1.29, 1.82) is 0 Å². The number of methoxy groups -OCH3 is 4. The maximum atomic E-state index is 13.0. The molecule has 0 bridgehead atoms. The van der Waals surface area contributed by atoms with E-state index in [9.17, 15) is 4.79 Å². The van der Waals surface area contributed by atoms with Crippen molar-refractivity contribution >= 4 is 27.5 Å². The Labute approximate surface area is 176 Å². The summed E-state index contributed by atoms with van der Waals surface area (Å²) in [6.45, 7) is 4.29. The molecule has 0 aromatic heterocycles. The molecule has 0 atom stereocenters. The quantitative estimate of drug-likeness (QED) is 0.315. The van der Waals surface area contributed by atoms with Crippen LogP contribution in [0, 0.1) is 0 Å². The van der Waals surface area contributed by atoms with Gasteiger partial charge >= 0.3 is 0 Å². The predicted octanol–water partition coefficient (Wildman–Crippen LogP) is 4.72. The second-order valence-electron chi connectivity index (χ2n) is 6.79. The third-order valence-electron chi connectivity index (χ3n) is 5.07. The number of nitrogens with one attached hydrogen (secondary N) is 1. The normalized spacial score (nSPS) is 10.7. The van der Waals surface area contributed by atoms with Crippen molar-refractivity contribution in [2.24, 2.45) is 0 Å². The number of carbonyl (C=O) groups excluding carboxylic acids is 1. The average molecular weight is 409 g/mol. The van der Waals surface area contributed by atoms with E-state index in [1.807, 2.05) is 36.4 Å². The van der Waals surface area contributed by atoms with Gasteiger partial charge in [0, 0.05) is 12.1 Å². The van der Waals surface area contributed by atoms with Crippen LogP contribution < -0.4 is 24.3 Å². The van der Waals surface area contributed by atoms with Gasteiger partial charge in [-0.1, -0.05) is 6.08 Å². The van der Waals surface area contributed by atoms with E-state index in [1.165, 1.54) is 0 Å². The van der Waals surface area contributed by atoms with Crippen LogP contribution in [0.25, 0.3) is 21.5 Å². The fourth-order valence-electron chi connectivity index (χ4n) is 3.54. The third-order valence-corrected chi connectivity index (χ3v) is 5.07. The van der Waals surface area contributed by atoms with Gasteiger partial charge in [-0.2, -0.15) is 0 Å². The van der Waals surface area contributed by atoms with Gasteiger partial charge in [0.15, 0.2) is 23.0 Å². The molecule has 30 heavy (non-hydrogen) atoms. The van der Waals surface area contributed by atoms with Gasteiger partial charge < -0.3 is 24.3 Å². The molecule has 6 nitrogen and oxygen atoms in total. The Bertz CT molecular complexity index is 1090. The number of ether oxygens (including phenoxy) is 4. The second kappa shape index (κ2) is 9.39. The highest BCUT2D eigenvalue weighted by Gasteiger charge is 2.18. The molecule has 0 radical (unpaired) electrons. The first-order chi connectivity index (χ1) is 14.6. The fourth-order valence-corrected chi connectivity index (χ4v) is 3.54. The molecule has 1 N–H and O–H groups in total. The number of amides is 1. The molecular weight excluding hydrogens is 382 g/mol. The maximum Gasteiger partial charge on any atom is 0.251 e. The number of unbranched alkanes of at least 4 members (excludes halogenated alkanes) is 1. The lowest BCUT2D eigenvalue weighted by atomic mass is 9.95. The summed E-state index contributed by atoms with van der Waals surface area (Å²) in [5, 5.41) is 6.42. The van der Waals surface area contributed by atoms with Crippen molar-refractivity contribution in [3.05, 3.63) is 48.6 Å². The smallest absolute Gasteiger partial charge is 0.251 e. The van der Waals surface area contributed by atoms with E-state index < -0.39 is 0 Å². The zero-order valence-corrected chi connectivity index (χ0v) is 17.8. The van der Waals surface area contributed by atoms with Crippen LogP contribution >= 0.6 is 0 Å². The van der Waals surface area contributed by atoms with Crippen molar-refractivity contribution in [3.63, 3.8) is 0 Å². The van der Waals surface area contributed by atoms with Gasteiger partial charge in [-0.3, -0.25) is 4.79 Å². The molecule has 0 aliphatic carbocycles. The van der Waals surface area contributed by atoms with E-state index in [4.69, 9.17) is 18.9 Å². The molecule has 3 rings (SSSR count). The van der Waals surface area contributed by atoms with Gasteiger partial charge in [-0.05, 0) is 64.7 Å². The minimum Gasteiger partial charge on any atom is -0.493 e. The van der Waals surface area contributed by atoms with E-state index in [-0.39, 0.29) is 5.91 Å². The van der Waals surface area contributed by atoms with Crippen LogP contribution in [0.3, 0.4) is 0 Å². The molecule has 1 amide bonds. The lowest BCUT2D eigenvalue weighted by molar-refractivity contribution is 0.0955. The Morgan fingerprint density at radius 3 is 1.93 bits per heavy atom. The molecular formula is C24H27NO5. The third kappa shape index (κ3) is 3.99. The highest BCUT2D eigenvalue weighted by molar-refractivity contribution is 6.18. The zero-order valence-electron chi connectivity index (χ0n) is 17.8. The molecule has 0 unspecified atom stereocenters. The van der Waals surface area contributed by atoms with E-state index in [1.54, 1.807) is 28.4 Å². The summed E-state index contributed by atoms with van der Waals surface area (Å²) in [5.41, 5.74) is 0.560. The SMILES string of the molecule is C=CCCCNC(=O)c1cc2cc(OC)c(OC)cc2c2cc(OC)c(OC)cc12. The van der Waals surface area contributed by atoms with Crippen LogP contribution in [0.1, 0.15) is 23.2 Å². The molecule has 0 heterocycles. The molecule has 0 saturated heterocycles. The van der Waals surface area contributed by atoms with Crippen LogP contribution in [0.2, 0.25) is 0 Å². The van der Waals surface area contributed by atoms with Gasteiger partial charge in [-0.25, -0.2) is 0 Å². The van der Waals surface area contributed by atoms with Crippen molar-refractivity contribution in [2.75, 3.05) is 35.0 Å². The van der Waals surface area contributed by atoms with Gasteiger partial charge in [0.1, 0.15) is 0 Å².